The minimum Gasteiger partial charge on any atom is -0.0707 e. The Balaban J connectivity index is 2.15. The van der Waals surface area contributed by atoms with Crippen molar-refractivity contribution in [3.63, 3.8) is 0 Å². The van der Waals surface area contributed by atoms with Crippen LogP contribution in [0.5, 0.6) is 0 Å². The largest absolute Gasteiger partial charge is 0.363 e. The fraction of sp³-hybridized carbons (Fsp3) is 0. The van der Waals surface area contributed by atoms with E-state index in [1.807, 2.05) is 48.5 Å². The van der Waals surface area contributed by atoms with Crippen LogP contribution in [0.2, 0.25) is 0 Å². The molecule has 0 spiro atoms. The molecule has 1 atom stereocenters. The van der Waals surface area contributed by atoms with Gasteiger partial charge in [-0.3, -0.25) is 0 Å². The van der Waals surface area contributed by atoms with E-state index < -0.39 is 8.46 Å². The van der Waals surface area contributed by atoms with Crippen molar-refractivity contribution in [2.24, 2.45) is 0 Å². The Hall–Kier alpha value is -2.24. The van der Waals surface area contributed by atoms with Gasteiger partial charge in [0.1, 0.15) is 0 Å². The molecule has 0 N–H and O–H groups in total. The zero-order chi connectivity index (χ0) is 13.8. The molecule has 0 aliphatic carbocycles. The number of hydrogen-bond acceptors (Lipinski definition) is 1. The third kappa shape index (κ3) is 2.68. The Morgan fingerprint density at radius 2 is 1.00 bits per heavy atom. The lowest BCUT2D eigenvalue weighted by Crippen LogP contribution is -1.94. The van der Waals surface area contributed by atoms with Gasteiger partial charge < -0.3 is 0 Å². The summed E-state index contributed by atoms with van der Waals surface area (Å²) < 4.78 is 11.3. The Labute approximate surface area is 120 Å². The van der Waals surface area contributed by atoms with Crippen LogP contribution in [0.1, 0.15) is 0 Å². The van der Waals surface area contributed by atoms with Gasteiger partial charge in [-0.1, -0.05) is 65.2 Å². The first kappa shape index (κ1) is 12.8. The number of hydrogen-bond donors (Lipinski definition) is 0. The van der Waals surface area contributed by atoms with Crippen LogP contribution >= 0.6 is 8.46 Å². The first-order valence-corrected chi connectivity index (χ1v) is 7.42. The quantitative estimate of drug-likeness (QED) is 0.636. The fourth-order valence-electron chi connectivity index (χ4n) is 2.28. The highest BCUT2D eigenvalue weighted by Gasteiger charge is 2.08. The summed E-state index contributed by atoms with van der Waals surface area (Å²) in [5, 5.41) is 0.852. The van der Waals surface area contributed by atoms with Crippen molar-refractivity contribution in [2.45, 2.75) is 0 Å². The van der Waals surface area contributed by atoms with E-state index in [4.69, 9.17) is 0 Å². The van der Waals surface area contributed by atoms with Crippen molar-refractivity contribution in [1.82, 2.24) is 0 Å². The van der Waals surface area contributed by atoms with Gasteiger partial charge in [0, 0.05) is 0 Å². The van der Waals surface area contributed by atoms with Gasteiger partial charge in [0.05, 0.1) is 0 Å². The lowest BCUT2D eigenvalue weighted by Gasteiger charge is -2.06. The zero-order valence-corrected chi connectivity index (χ0v) is 11.9. The summed E-state index contributed by atoms with van der Waals surface area (Å²) in [6, 6.07) is 26.5. The normalized spacial score (nSPS) is 10.6. The second-order valence-corrected chi connectivity index (χ2v) is 5.41. The predicted octanol–water partition coefficient (Wildman–Crippen LogP) is 4.67. The van der Waals surface area contributed by atoms with Gasteiger partial charge in [-0.25, -0.2) is 0 Å². The maximum absolute atomic E-state index is 11.3. The van der Waals surface area contributed by atoms with Gasteiger partial charge in [-0.05, 0) is 40.5 Å². The third-order valence-corrected chi connectivity index (χ3v) is 3.79. The molecule has 20 heavy (non-hydrogen) atoms. The summed E-state index contributed by atoms with van der Waals surface area (Å²) in [7, 11) is -0.437. The van der Waals surface area contributed by atoms with Crippen LogP contribution in [0, 0.1) is 0 Å². The minimum atomic E-state index is -0.437. The van der Waals surface area contributed by atoms with E-state index in [1.54, 1.807) is 0 Å². The van der Waals surface area contributed by atoms with E-state index in [2.05, 4.69) is 30.3 Å². The first-order chi connectivity index (χ1) is 9.86. The maximum Gasteiger partial charge on any atom is 0.363 e. The molecule has 2 heteroatoms. The van der Waals surface area contributed by atoms with Crippen LogP contribution in [0.15, 0.2) is 78.9 Å². The van der Waals surface area contributed by atoms with E-state index in [9.17, 15) is 4.57 Å². The molecule has 0 saturated carbocycles. The molecule has 3 rings (SSSR count). The van der Waals surface area contributed by atoms with Gasteiger partial charge in [0.2, 0.25) is 0 Å². The summed E-state index contributed by atoms with van der Waals surface area (Å²) in [6.45, 7) is 0. The standard InChI is InChI=1S/C18H13OP/c19-20-18-12-16(14-7-3-1-4-8-14)11-17(13-18)15-9-5-2-6-10-15/h1-13H/p+1. The van der Waals surface area contributed by atoms with Crippen LogP contribution < -0.4 is 5.30 Å². The fourth-order valence-corrected chi connectivity index (χ4v) is 2.71. The van der Waals surface area contributed by atoms with Crippen LogP contribution in [-0.2, 0) is 4.57 Å². The zero-order valence-electron chi connectivity index (χ0n) is 10.9. The Kier molecular flexibility index (Phi) is 3.71. The Bertz CT molecular complexity index is 663. The highest BCUT2D eigenvalue weighted by molar-refractivity contribution is 7.34. The molecule has 0 amide bonds. The maximum atomic E-state index is 11.3. The molecule has 1 unspecified atom stereocenters. The summed E-state index contributed by atoms with van der Waals surface area (Å²) >= 11 is 0. The molecule has 0 aliphatic rings. The second-order valence-electron chi connectivity index (χ2n) is 4.63. The van der Waals surface area contributed by atoms with Crippen molar-refractivity contribution in [2.75, 3.05) is 0 Å². The molecule has 0 aromatic heterocycles. The molecule has 96 valence electrons. The van der Waals surface area contributed by atoms with Gasteiger partial charge in [0.25, 0.3) is 0 Å². The van der Waals surface area contributed by atoms with Crippen LogP contribution in [0.3, 0.4) is 0 Å². The van der Waals surface area contributed by atoms with Gasteiger partial charge in [-0.15, -0.1) is 0 Å². The number of benzene rings is 3. The molecule has 3 aromatic carbocycles. The molecular weight excluding hydrogens is 263 g/mol. The van der Waals surface area contributed by atoms with Crippen molar-refractivity contribution < 1.29 is 4.57 Å². The van der Waals surface area contributed by atoms with E-state index in [0.717, 1.165) is 27.6 Å². The van der Waals surface area contributed by atoms with E-state index in [0.29, 0.717) is 0 Å². The lowest BCUT2D eigenvalue weighted by atomic mass is 9.99. The monoisotopic (exact) mass is 277 g/mol. The van der Waals surface area contributed by atoms with Crippen LogP contribution in [0.4, 0.5) is 0 Å². The Morgan fingerprint density at radius 1 is 0.550 bits per heavy atom. The molecule has 0 radical (unpaired) electrons. The van der Waals surface area contributed by atoms with Gasteiger partial charge >= 0.3 is 8.46 Å². The molecule has 3 aromatic rings. The van der Waals surface area contributed by atoms with Crippen molar-refractivity contribution in [3.05, 3.63) is 78.9 Å². The second kappa shape index (κ2) is 5.81. The molecule has 0 heterocycles. The lowest BCUT2D eigenvalue weighted by molar-refractivity contribution is 0.603. The average molecular weight is 277 g/mol. The van der Waals surface area contributed by atoms with Crippen molar-refractivity contribution >= 4 is 13.8 Å². The summed E-state index contributed by atoms with van der Waals surface area (Å²) in [5.74, 6) is 0. The topological polar surface area (TPSA) is 17.1 Å². The summed E-state index contributed by atoms with van der Waals surface area (Å²) in [5.41, 5.74) is 4.49. The predicted molar refractivity (Wildman–Crippen MR) is 85.9 cm³/mol. The van der Waals surface area contributed by atoms with E-state index in [1.165, 1.54) is 0 Å². The Morgan fingerprint density at radius 3 is 1.40 bits per heavy atom. The SMILES string of the molecule is O=[PH+]c1cc(-c2ccccc2)cc(-c2ccccc2)c1. The molecule has 1 nitrogen and oxygen atoms in total. The first-order valence-electron chi connectivity index (χ1n) is 6.51. The molecular formula is C18H14OP+. The molecule has 0 bridgehead atoms. The van der Waals surface area contributed by atoms with E-state index >= 15 is 0 Å². The summed E-state index contributed by atoms with van der Waals surface area (Å²) in [6.07, 6.45) is 0. The molecule has 0 saturated heterocycles. The molecule has 0 aliphatic heterocycles. The summed E-state index contributed by atoms with van der Waals surface area (Å²) in [4.78, 5) is 0. The van der Waals surface area contributed by atoms with Crippen molar-refractivity contribution in [3.8, 4) is 22.3 Å². The van der Waals surface area contributed by atoms with Crippen LogP contribution in [-0.4, -0.2) is 0 Å². The highest BCUT2D eigenvalue weighted by atomic mass is 31.1. The number of rotatable bonds is 3. The van der Waals surface area contributed by atoms with Crippen molar-refractivity contribution in [1.29, 1.82) is 0 Å². The smallest absolute Gasteiger partial charge is 0.0707 e. The van der Waals surface area contributed by atoms with Gasteiger partial charge in [0.15, 0.2) is 5.30 Å². The van der Waals surface area contributed by atoms with Crippen LogP contribution in [0.25, 0.3) is 22.3 Å². The molecule has 0 fully saturated rings. The third-order valence-electron chi connectivity index (χ3n) is 3.27. The highest BCUT2D eigenvalue weighted by Crippen LogP contribution is 2.26. The minimum absolute atomic E-state index is 0.437. The van der Waals surface area contributed by atoms with E-state index in [-0.39, 0.29) is 0 Å². The van der Waals surface area contributed by atoms with Gasteiger partial charge in [-0.2, -0.15) is 0 Å². The average Bonchev–Trinajstić information content (AvgIpc) is 2.56.